The predicted octanol–water partition coefficient (Wildman–Crippen LogP) is 2.12. The highest BCUT2D eigenvalue weighted by Crippen LogP contribution is 2.26. The van der Waals surface area contributed by atoms with Crippen molar-refractivity contribution in [3.05, 3.63) is 11.6 Å². The van der Waals surface area contributed by atoms with Gasteiger partial charge in [0.25, 0.3) is 0 Å². The Morgan fingerprint density at radius 3 is 2.60 bits per heavy atom. The van der Waals surface area contributed by atoms with Crippen molar-refractivity contribution in [3.63, 3.8) is 0 Å². The second-order valence-electron chi connectivity index (χ2n) is 3.22. The van der Waals surface area contributed by atoms with Crippen LogP contribution in [0.3, 0.4) is 0 Å². The first-order valence-corrected chi connectivity index (χ1v) is 4.11. The van der Waals surface area contributed by atoms with E-state index < -0.39 is 0 Å². The minimum atomic E-state index is 0.233. The van der Waals surface area contributed by atoms with Crippen LogP contribution in [-0.4, -0.2) is 11.7 Å². The van der Waals surface area contributed by atoms with Gasteiger partial charge in [-0.25, -0.2) is 0 Å². The molecule has 0 radical (unpaired) electrons. The molecule has 0 unspecified atom stereocenters. The zero-order valence-corrected chi connectivity index (χ0v) is 6.64. The third kappa shape index (κ3) is 2.14. The Hall–Kier alpha value is -0.300. The average molecular weight is 140 g/mol. The minimum Gasteiger partial charge on any atom is -0.392 e. The highest BCUT2D eigenvalue weighted by molar-refractivity contribution is 5.02. The molecular formula is C9H16O. The second kappa shape index (κ2) is 3.77. The SMILES string of the molecule is C/C(=C\C1CCCC1)CO. The van der Waals surface area contributed by atoms with Gasteiger partial charge in [-0.3, -0.25) is 0 Å². The predicted molar refractivity (Wildman–Crippen MR) is 42.8 cm³/mol. The zero-order chi connectivity index (χ0) is 7.40. The van der Waals surface area contributed by atoms with Crippen LogP contribution in [0.5, 0.6) is 0 Å². The van der Waals surface area contributed by atoms with E-state index >= 15 is 0 Å². The summed E-state index contributed by atoms with van der Waals surface area (Å²) in [6, 6.07) is 0. The van der Waals surface area contributed by atoms with Gasteiger partial charge in [0.1, 0.15) is 0 Å². The average Bonchev–Trinajstić information content (AvgIpc) is 2.40. The van der Waals surface area contributed by atoms with Crippen molar-refractivity contribution in [1.82, 2.24) is 0 Å². The van der Waals surface area contributed by atoms with Crippen LogP contribution in [0, 0.1) is 5.92 Å². The Balaban J connectivity index is 2.34. The molecule has 1 aliphatic carbocycles. The van der Waals surface area contributed by atoms with E-state index in [9.17, 15) is 0 Å². The van der Waals surface area contributed by atoms with Crippen LogP contribution in [0.4, 0.5) is 0 Å². The van der Waals surface area contributed by atoms with Gasteiger partial charge in [-0.2, -0.15) is 0 Å². The van der Waals surface area contributed by atoms with Gasteiger partial charge in [-0.05, 0) is 25.7 Å². The quantitative estimate of drug-likeness (QED) is 0.582. The van der Waals surface area contributed by atoms with E-state index in [4.69, 9.17) is 5.11 Å². The summed E-state index contributed by atoms with van der Waals surface area (Å²) in [5.74, 6) is 0.771. The smallest absolute Gasteiger partial charge is 0.0639 e. The number of allylic oxidation sites excluding steroid dienone is 1. The number of hydrogen-bond acceptors (Lipinski definition) is 1. The standard InChI is InChI=1S/C9H16O/c1-8(7-10)6-9-4-2-3-5-9/h6,9-10H,2-5,7H2,1H3/b8-6+. The van der Waals surface area contributed by atoms with Crippen LogP contribution in [0.2, 0.25) is 0 Å². The highest BCUT2D eigenvalue weighted by Gasteiger charge is 2.11. The maximum absolute atomic E-state index is 8.73. The summed E-state index contributed by atoms with van der Waals surface area (Å²) in [5, 5.41) is 8.73. The third-order valence-electron chi connectivity index (χ3n) is 2.17. The van der Waals surface area contributed by atoms with Crippen molar-refractivity contribution < 1.29 is 5.11 Å². The van der Waals surface area contributed by atoms with Crippen LogP contribution in [-0.2, 0) is 0 Å². The molecule has 1 aliphatic rings. The maximum Gasteiger partial charge on any atom is 0.0639 e. The van der Waals surface area contributed by atoms with E-state index in [2.05, 4.69) is 6.08 Å². The molecule has 1 N–H and O–H groups in total. The van der Waals surface area contributed by atoms with Gasteiger partial charge in [-0.15, -0.1) is 0 Å². The molecule has 1 rings (SSSR count). The van der Waals surface area contributed by atoms with Gasteiger partial charge in [0.2, 0.25) is 0 Å². The molecule has 1 heteroatoms. The molecule has 0 aromatic carbocycles. The first kappa shape index (κ1) is 7.80. The lowest BCUT2D eigenvalue weighted by Gasteiger charge is -2.02. The molecule has 1 nitrogen and oxygen atoms in total. The summed E-state index contributed by atoms with van der Waals surface area (Å²) in [7, 11) is 0. The Morgan fingerprint density at radius 1 is 1.50 bits per heavy atom. The monoisotopic (exact) mass is 140 g/mol. The van der Waals surface area contributed by atoms with Gasteiger partial charge in [0, 0.05) is 0 Å². The van der Waals surface area contributed by atoms with E-state index in [0.29, 0.717) is 0 Å². The normalized spacial score (nSPS) is 22.0. The first-order valence-electron chi connectivity index (χ1n) is 4.11. The maximum atomic E-state index is 8.73. The van der Waals surface area contributed by atoms with Crippen LogP contribution in [0.25, 0.3) is 0 Å². The molecule has 58 valence electrons. The van der Waals surface area contributed by atoms with Crippen molar-refractivity contribution in [2.45, 2.75) is 32.6 Å². The first-order chi connectivity index (χ1) is 4.83. The molecule has 1 saturated carbocycles. The van der Waals surface area contributed by atoms with Gasteiger partial charge < -0.3 is 5.11 Å². The molecule has 0 heterocycles. The van der Waals surface area contributed by atoms with Gasteiger partial charge in [0.05, 0.1) is 6.61 Å². The highest BCUT2D eigenvalue weighted by atomic mass is 16.3. The number of aliphatic hydroxyl groups excluding tert-OH is 1. The zero-order valence-electron chi connectivity index (χ0n) is 6.64. The summed E-state index contributed by atoms with van der Waals surface area (Å²) in [6.07, 6.45) is 7.64. The van der Waals surface area contributed by atoms with Gasteiger partial charge >= 0.3 is 0 Å². The number of rotatable bonds is 2. The Kier molecular flexibility index (Phi) is 2.94. The third-order valence-corrected chi connectivity index (χ3v) is 2.17. The fourth-order valence-corrected chi connectivity index (χ4v) is 1.58. The second-order valence-corrected chi connectivity index (χ2v) is 3.22. The van der Waals surface area contributed by atoms with Crippen LogP contribution < -0.4 is 0 Å². The lowest BCUT2D eigenvalue weighted by Crippen LogP contribution is -1.91. The fourth-order valence-electron chi connectivity index (χ4n) is 1.58. The molecule has 0 aliphatic heterocycles. The van der Waals surface area contributed by atoms with Crippen molar-refractivity contribution in [2.75, 3.05) is 6.61 Å². The van der Waals surface area contributed by atoms with Crippen LogP contribution in [0.15, 0.2) is 11.6 Å². The fraction of sp³-hybridized carbons (Fsp3) is 0.778. The summed E-state index contributed by atoms with van der Waals surface area (Å²) in [5.41, 5.74) is 1.13. The van der Waals surface area contributed by atoms with Crippen molar-refractivity contribution >= 4 is 0 Å². The van der Waals surface area contributed by atoms with Crippen molar-refractivity contribution in [1.29, 1.82) is 0 Å². The summed E-state index contributed by atoms with van der Waals surface area (Å²) in [4.78, 5) is 0. The molecule has 0 aromatic rings. The summed E-state index contributed by atoms with van der Waals surface area (Å²) in [6.45, 7) is 2.23. The van der Waals surface area contributed by atoms with Crippen molar-refractivity contribution in [3.8, 4) is 0 Å². The molecule has 0 spiro atoms. The lowest BCUT2D eigenvalue weighted by atomic mass is 10.1. The number of hydrogen-bond donors (Lipinski definition) is 1. The van der Waals surface area contributed by atoms with Gasteiger partial charge in [0.15, 0.2) is 0 Å². The van der Waals surface area contributed by atoms with Crippen LogP contribution in [0.1, 0.15) is 32.6 Å². The Bertz CT molecular complexity index is 121. The molecule has 0 saturated heterocycles. The largest absolute Gasteiger partial charge is 0.392 e. The molecule has 0 bridgehead atoms. The Morgan fingerprint density at radius 2 is 2.10 bits per heavy atom. The molecule has 0 aromatic heterocycles. The van der Waals surface area contributed by atoms with Crippen molar-refractivity contribution in [2.24, 2.45) is 5.92 Å². The van der Waals surface area contributed by atoms with E-state index in [1.165, 1.54) is 25.7 Å². The molecule has 1 fully saturated rings. The van der Waals surface area contributed by atoms with E-state index in [1.54, 1.807) is 0 Å². The van der Waals surface area contributed by atoms with E-state index in [1.807, 2.05) is 6.92 Å². The summed E-state index contributed by atoms with van der Waals surface area (Å²) >= 11 is 0. The van der Waals surface area contributed by atoms with Crippen LogP contribution >= 0.6 is 0 Å². The summed E-state index contributed by atoms with van der Waals surface area (Å²) < 4.78 is 0. The van der Waals surface area contributed by atoms with E-state index in [0.717, 1.165) is 11.5 Å². The van der Waals surface area contributed by atoms with E-state index in [-0.39, 0.29) is 6.61 Å². The molecule has 0 amide bonds. The number of aliphatic hydroxyl groups is 1. The topological polar surface area (TPSA) is 20.2 Å². The molecular weight excluding hydrogens is 124 g/mol. The Labute approximate surface area is 62.8 Å². The molecule has 10 heavy (non-hydrogen) atoms. The minimum absolute atomic E-state index is 0.233. The molecule has 0 atom stereocenters. The van der Waals surface area contributed by atoms with Gasteiger partial charge in [-0.1, -0.05) is 24.5 Å². The lowest BCUT2D eigenvalue weighted by molar-refractivity contribution is 0.330.